The largest absolute Gasteiger partial charge is 0.323 e. The Morgan fingerprint density at radius 1 is 0.840 bits per heavy atom. The van der Waals surface area contributed by atoms with Gasteiger partial charge >= 0.3 is 0 Å². The molecular formula is C22H22N2O. The van der Waals surface area contributed by atoms with E-state index in [1.54, 1.807) is 6.20 Å². The Morgan fingerprint density at radius 3 is 1.96 bits per heavy atom. The topological polar surface area (TPSA) is 42.0 Å². The molecule has 3 heteroatoms. The lowest BCUT2D eigenvalue weighted by atomic mass is 9.94. The van der Waals surface area contributed by atoms with E-state index in [2.05, 4.69) is 10.3 Å². The van der Waals surface area contributed by atoms with Gasteiger partial charge in [-0.15, -0.1) is 0 Å². The van der Waals surface area contributed by atoms with Crippen molar-refractivity contribution in [1.29, 1.82) is 0 Å². The second-order valence-corrected chi connectivity index (χ2v) is 7.02. The molecule has 0 aliphatic heterocycles. The molecule has 0 radical (unpaired) electrons. The summed E-state index contributed by atoms with van der Waals surface area (Å²) in [5, 5.41) is 3.11. The number of nitrogens with one attached hydrogen (secondary N) is 1. The number of aromatic nitrogens is 1. The van der Waals surface area contributed by atoms with Crippen molar-refractivity contribution in [2.75, 3.05) is 5.32 Å². The predicted molar refractivity (Wildman–Crippen MR) is 103 cm³/mol. The number of carbonyl (C=O) groups excluding carboxylic acids is 1. The molecule has 0 spiro atoms. The van der Waals surface area contributed by atoms with Crippen molar-refractivity contribution in [3.63, 3.8) is 0 Å². The van der Waals surface area contributed by atoms with Gasteiger partial charge in [-0.1, -0.05) is 81.4 Å². The number of anilines is 1. The van der Waals surface area contributed by atoms with E-state index in [-0.39, 0.29) is 5.91 Å². The molecule has 1 heterocycles. The molecule has 0 aliphatic rings. The van der Waals surface area contributed by atoms with E-state index in [4.69, 9.17) is 0 Å². The van der Waals surface area contributed by atoms with Gasteiger partial charge in [0.25, 0.3) is 0 Å². The smallest absolute Gasteiger partial charge is 0.229 e. The molecule has 25 heavy (non-hydrogen) atoms. The lowest BCUT2D eigenvalue weighted by molar-refractivity contribution is -0.123. The fourth-order valence-corrected chi connectivity index (χ4v) is 2.56. The second-order valence-electron chi connectivity index (χ2n) is 7.02. The summed E-state index contributed by atoms with van der Waals surface area (Å²) in [6.45, 7) is 5.72. The van der Waals surface area contributed by atoms with Gasteiger partial charge in [0.1, 0.15) is 0 Å². The van der Waals surface area contributed by atoms with Gasteiger partial charge in [-0.25, -0.2) is 0 Å². The minimum absolute atomic E-state index is 0.0325. The molecule has 126 valence electrons. The number of hydrogen-bond donors (Lipinski definition) is 1. The number of benzene rings is 2. The van der Waals surface area contributed by atoms with Gasteiger partial charge < -0.3 is 5.32 Å². The highest BCUT2D eigenvalue weighted by Gasteiger charge is 2.24. The van der Waals surface area contributed by atoms with Crippen LogP contribution in [0, 0.1) is 5.41 Å². The van der Waals surface area contributed by atoms with Crippen LogP contribution in [0.15, 0.2) is 72.9 Å². The lowest BCUT2D eigenvalue weighted by Gasteiger charge is -2.21. The molecule has 1 aromatic heterocycles. The molecule has 0 aliphatic carbocycles. The Kier molecular flexibility index (Phi) is 4.66. The van der Waals surface area contributed by atoms with E-state index in [0.29, 0.717) is 0 Å². The van der Waals surface area contributed by atoms with Crippen molar-refractivity contribution >= 4 is 11.6 Å². The number of nitrogens with zero attached hydrogens (tertiary/aromatic N) is 1. The van der Waals surface area contributed by atoms with Gasteiger partial charge in [0.05, 0.1) is 11.4 Å². The lowest BCUT2D eigenvalue weighted by Crippen LogP contribution is -2.28. The van der Waals surface area contributed by atoms with Crippen molar-refractivity contribution in [3.8, 4) is 22.4 Å². The summed E-state index contributed by atoms with van der Waals surface area (Å²) < 4.78 is 0. The molecule has 0 saturated heterocycles. The maximum atomic E-state index is 12.7. The molecule has 3 nitrogen and oxygen atoms in total. The summed E-state index contributed by atoms with van der Waals surface area (Å²) in [6, 6.07) is 21.9. The van der Waals surface area contributed by atoms with Crippen molar-refractivity contribution in [1.82, 2.24) is 4.98 Å². The third-order valence-electron chi connectivity index (χ3n) is 4.00. The van der Waals surface area contributed by atoms with Gasteiger partial charge in [-0.3, -0.25) is 9.78 Å². The van der Waals surface area contributed by atoms with Crippen LogP contribution in [-0.4, -0.2) is 10.9 Å². The summed E-state index contributed by atoms with van der Waals surface area (Å²) in [5.41, 5.74) is 4.03. The number of amides is 1. The monoisotopic (exact) mass is 330 g/mol. The minimum Gasteiger partial charge on any atom is -0.323 e. The maximum absolute atomic E-state index is 12.7. The Labute approximate surface area is 148 Å². The highest BCUT2D eigenvalue weighted by molar-refractivity contribution is 6.02. The molecule has 3 rings (SSSR count). The molecule has 0 bridgehead atoms. The van der Waals surface area contributed by atoms with Gasteiger partial charge in [-0.2, -0.15) is 0 Å². The van der Waals surface area contributed by atoms with E-state index < -0.39 is 5.41 Å². The fourth-order valence-electron chi connectivity index (χ4n) is 2.56. The standard InChI is InChI=1S/C22H22N2O/c1-22(2,3)21(25)24-20-18(16-10-6-4-7-11-16)14-15-23-19(20)17-12-8-5-9-13-17/h4-15H,1-3H3,(H,24,25). The van der Waals surface area contributed by atoms with Crippen LogP contribution in [0.25, 0.3) is 22.4 Å². The van der Waals surface area contributed by atoms with Gasteiger partial charge in [0, 0.05) is 22.7 Å². The Balaban J connectivity index is 2.18. The highest BCUT2D eigenvalue weighted by Crippen LogP contribution is 2.36. The van der Waals surface area contributed by atoms with E-state index in [9.17, 15) is 4.79 Å². The molecule has 0 fully saturated rings. The van der Waals surface area contributed by atoms with Crippen LogP contribution in [0.1, 0.15) is 20.8 Å². The first kappa shape index (κ1) is 16.9. The molecule has 2 aromatic carbocycles. The molecular weight excluding hydrogens is 308 g/mol. The fraction of sp³-hybridized carbons (Fsp3) is 0.182. The normalized spacial score (nSPS) is 11.2. The van der Waals surface area contributed by atoms with Crippen LogP contribution in [0.3, 0.4) is 0 Å². The third kappa shape index (κ3) is 3.77. The second kappa shape index (κ2) is 6.89. The third-order valence-corrected chi connectivity index (χ3v) is 4.00. The Morgan fingerprint density at radius 2 is 1.40 bits per heavy atom. The van der Waals surface area contributed by atoms with Crippen molar-refractivity contribution in [2.24, 2.45) is 5.41 Å². The number of hydrogen-bond acceptors (Lipinski definition) is 2. The average molecular weight is 330 g/mol. The molecule has 0 atom stereocenters. The summed E-state index contributed by atoms with van der Waals surface area (Å²) >= 11 is 0. The van der Waals surface area contributed by atoms with Crippen LogP contribution in [-0.2, 0) is 4.79 Å². The van der Waals surface area contributed by atoms with Crippen molar-refractivity contribution in [3.05, 3.63) is 72.9 Å². The summed E-state index contributed by atoms with van der Waals surface area (Å²) in [5.74, 6) is -0.0325. The average Bonchev–Trinajstić information content (AvgIpc) is 2.62. The molecule has 0 unspecified atom stereocenters. The van der Waals surface area contributed by atoms with Crippen LogP contribution in [0.2, 0.25) is 0 Å². The molecule has 0 saturated carbocycles. The van der Waals surface area contributed by atoms with Crippen LogP contribution in [0.4, 0.5) is 5.69 Å². The first-order chi connectivity index (χ1) is 12.0. The van der Waals surface area contributed by atoms with Gasteiger partial charge in [0.15, 0.2) is 0 Å². The SMILES string of the molecule is CC(C)(C)C(=O)Nc1c(-c2ccccc2)ccnc1-c1ccccc1. The summed E-state index contributed by atoms with van der Waals surface area (Å²) in [4.78, 5) is 17.2. The Bertz CT molecular complexity index is 808. The van der Waals surface area contributed by atoms with Gasteiger partial charge in [0.2, 0.25) is 5.91 Å². The first-order valence-corrected chi connectivity index (χ1v) is 8.38. The molecule has 3 aromatic rings. The zero-order valence-corrected chi connectivity index (χ0v) is 14.8. The number of carbonyl (C=O) groups is 1. The minimum atomic E-state index is -0.488. The molecule has 1 amide bonds. The van der Waals surface area contributed by atoms with E-state index in [1.807, 2.05) is 87.5 Å². The zero-order valence-electron chi connectivity index (χ0n) is 14.8. The van der Waals surface area contributed by atoms with Crippen LogP contribution >= 0.6 is 0 Å². The first-order valence-electron chi connectivity index (χ1n) is 8.38. The van der Waals surface area contributed by atoms with Crippen LogP contribution < -0.4 is 5.32 Å². The van der Waals surface area contributed by atoms with E-state index in [0.717, 1.165) is 28.1 Å². The van der Waals surface area contributed by atoms with E-state index >= 15 is 0 Å². The van der Waals surface area contributed by atoms with E-state index in [1.165, 1.54) is 0 Å². The van der Waals surface area contributed by atoms with Gasteiger partial charge in [-0.05, 0) is 11.6 Å². The highest BCUT2D eigenvalue weighted by atomic mass is 16.2. The number of pyridine rings is 1. The summed E-state index contributed by atoms with van der Waals surface area (Å²) in [7, 11) is 0. The van der Waals surface area contributed by atoms with Crippen LogP contribution in [0.5, 0.6) is 0 Å². The number of rotatable bonds is 3. The van der Waals surface area contributed by atoms with Crippen molar-refractivity contribution < 1.29 is 4.79 Å². The Hall–Kier alpha value is -2.94. The van der Waals surface area contributed by atoms with Crippen molar-refractivity contribution in [2.45, 2.75) is 20.8 Å². The zero-order chi connectivity index (χ0) is 17.9. The predicted octanol–water partition coefficient (Wildman–Crippen LogP) is 5.40. The maximum Gasteiger partial charge on any atom is 0.229 e. The summed E-state index contributed by atoms with van der Waals surface area (Å²) in [6.07, 6.45) is 1.79. The quantitative estimate of drug-likeness (QED) is 0.698. The molecule has 1 N–H and O–H groups in total.